The minimum absolute atomic E-state index is 0.104. The maximum atomic E-state index is 11.2. The van der Waals surface area contributed by atoms with E-state index in [0.29, 0.717) is 5.69 Å². The summed E-state index contributed by atoms with van der Waals surface area (Å²) in [5, 5.41) is 8.60. The smallest absolute Gasteiger partial charge is 0.334 e. The molecule has 0 atom stereocenters. The third kappa shape index (κ3) is 3.30. The lowest BCUT2D eigenvalue weighted by Crippen LogP contribution is -2.09. The minimum Gasteiger partial charge on any atom is -0.481 e. The lowest BCUT2D eigenvalue weighted by Gasteiger charge is -2.01. The Morgan fingerprint density at radius 1 is 1.60 bits per heavy atom. The molecule has 0 aliphatic rings. The van der Waals surface area contributed by atoms with E-state index in [-0.39, 0.29) is 12.0 Å². The summed E-state index contributed by atoms with van der Waals surface area (Å²) in [5.74, 6) is -1.70. The summed E-state index contributed by atoms with van der Waals surface area (Å²) in [6, 6.07) is 3.48. The van der Waals surface area contributed by atoms with E-state index < -0.39 is 11.9 Å². The number of methoxy groups -OCH3 is 1. The number of aromatic nitrogens is 1. The zero-order valence-electron chi connectivity index (χ0n) is 8.19. The van der Waals surface area contributed by atoms with Gasteiger partial charge in [-0.3, -0.25) is 4.79 Å². The molecule has 0 aliphatic heterocycles. The maximum absolute atomic E-state index is 11.2. The predicted octanol–water partition coefficient (Wildman–Crippen LogP) is 1.05. The van der Waals surface area contributed by atoms with Gasteiger partial charge in [0.25, 0.3) is 0 Å². The van der Waals surface area contributed by atoms with Gasteiger partial charge in [-0.2, -0.15) is 0 Å². The van der Waals surface area contributed by atoms with Gasteiger partial charge in [0.1, 0.15) is 0 Å². The molecular weight excluding hydrogens is 198 g/mol. The molecule has 1 aromatic rings. The number of hydrogen-bond acceptors (Lipinski definition) is 3. The van der Waals surface area contributed by atoms with Crippen molar-refractivity contribution < 1.29 is 19.4 Å². The summed E-state index contributed by atoms with van der Waals surface area (Å²) in [5.41, 5.74) is 0.768. The highest BCUT2D eigenvalue weighted by atomic mass is 16.5. The first kappa shape index (κ1) is 11.0. The summed E-state index contributed by atoms with van der Waals surface area (Å²) >= 11 is 0. The van der Waals surface area contributed by atoms with Crippen LogP contribution in [0.4, 0.5) is 0 Å². The van der Waals surface area contributed by atoms with Gasteiger partial charge in [0, 0.05) is 11.9 Å². The van der Waals surface area contributed by atoms with E-state index in [0.717, 1.165) is 0 Å². The number of ether oxygens (including phenoxy) is 1. The molecule has 0 bridgehead atoms. The Balaban J connectivity index is 2.90. The van der Waals surface area contributed by atoms with E-state index in [9.17, 15) is 9.59 Å². The second-order valence-corrected chi connectivity index (χ2v) is 2.86. The highest BCUT2D eigenvalue weighted by molar-refractivity contribution is 5.97. The van der Waals surface area contributed by atoms with E-state index in [1.165, 1.54) is 13.2 Å². The normalized spacial score (nSPS) is 11.1. The van der Waals surface area contributed by atoms with Gasteiger partial charge in [-0.15, -0.1) is 0 Å². The van der Waals surface area contributed by atoms with Crippen LogP contribution in [0.2, 0.25) is 0 Å². The summed E-state index contributed by atoms with van der Waals surface area (Å²) in [4.78, 5) is 24.5. The second kappa shape index (κ2) is 4.99. The van der Waals surface area contributed by atoms with Crippen molar-refractivity contribution in [1.82, 2.24) is 4.98 Å². The number of rotatable bonds is 4. The maximum Gasteiger partial charge on any atom is 0.334 e. The Hall–Kier alpha value is -2.04. The number of nitrogens with one attached hydrogen (secondary N) is 1. The number of carbonyl (C=O) groups is 2. The summed E-state index contributed by atoms with van der Waals surface area (Å²) in [7, 11) is 1.22. The van der Waals surface area contributed by atoms with E-state index >= 15 is 0 Å². The SMILES string of the molecule is COC(=O)/C(=C/c1ccc[nH]1)CC(=O)O. The van der Waals surface area contributed by atoms with Gasteiger partial charge in [0.15, 0.2) is 0 Å². The van der Waals surface area contributed by atoms with Crippen LogP contribution in [0.25, 0.3) is 6.08 Å². The topological polar surface area (TPSA) is 79.4 Å². The Kier molecular flexibility index (Phi) is 3.68. The van der Waals surface area contributed by atoms with E-state index in [4.69, 9.17) is 5.11 Å². The number of aliphatic carboxylic acids is 1. The molecule has 0 unspecified atom stereocenters. The fourth-order valence-electron chi connectivity index (χ4n) is 1.10. The molecule has 2 N–H and O–H groups in total. The second-order valence-electron chi connectivity index (χ2n) is 2.86. The lowest BCUT2D eigenvalue weighted by molar-refractivity contribution is -0.141. The van der Waals surface area contributed by atoms with Crippen LogP contribution in [-0.2, 0) is 14.3 Å². The molecule has 0 radical (unpaired) electrons. The van der Waals surface area contributed by atoms with Crippen LogP contribution in [0.3, 0.4) is 0 Å². The predicted molar refractivity (Wildman–Crippen MR) is 53.0 cm³/mol. The molecule has 0 fully saturated rings. The molecule has 0 saturated heterocycles. The average Bonchev–Trinajstić information content (AvgIpc) is 2.67. The van der Waals surface area contributed by atoms with Crippen LogP contribution >= 0.6 is 0 Å². The Bertz CT molecular complexity index is 378. The van der Waals surface area contributed by atoms with E-state index in [2.05, 4.69) is 9.72 Å². The molecule has 1 rings (SSSR count). The van der Waals surface area contributed by atoms with Gasteiger partial charge in [0.05, 0.1) is 19.1 Å². The third-order valence-corrected chi connectivity index (χ3v) is 1.74. The molecule has 1 aromatic heterocycles. The van der Waals surface area contributed by atoms with Gasteiger partial charge in [-0.25, -0.2) is 4.79 Å². The van der Waals surface area contributed by atoms with Gasteiger partial charge >= 0.3 is 11.9 Å². The van der Waals surface area contributed by atoms with Crippen molar-refractivity contribution in [1.29, 1.82) is 0 Å². The standard InChI is InChI=1S/C10H11NO4/c1-15-10(14)7(6-9(12)13)5-8-3-2-4-11-8/h2-5,11H,6H2,1H3,(H,12,13)/b7-5+. The molecular formula is C10H11NO4. The zero-order chi connectivity index (χ0) is 11.3. The zero-order valence-corrected chi connectivity index (χ0v) is 8.19. The summed E-state index contributed by atoms with van der Waals surface area (Å²) < 4.78 is 4.48. The molecule has 5 heteroatoms. The summed E-state index contributed by atoms with van der Waals surface area (Å²) in [6.45, 7) is 0. The molecule has 80 valence electrons. The Morgan fingerprint density at radius 3 is 2.80 bits per heavy atom. The Morgan fingerprint density at radius 2 is 2.33 bits per heavy atom. The first-order valence-corrected chi connectivity index (χ1v) is 4.27. The van der Waals surface area contributed by atoms with Crippen LogP contribution < -0.4 is 0 Å². The van der Waals surface area contributed by atoms with Gasteiger partial charge < -0.3 is 14.8 Å². The largest absolute Gasteiger partial charge is 0.481 e. The van der Waals surface area contributed by atoms with Crippen molar-refractivity contribution in [2.24, 2.45) is 0 Å². The van der Waals surface area contributed by atoms with Crippen LogP contribution in [-0.4, -0.2) is 29.1 Å². The number of esters is 1. The Labute approximate surface area is 86.4 Å². The fourth-order valence-corrected chi connectivity index (χ4v) is 1.10. The van der Waals surface area contributed by atoms with Crippen molar-refractivity contribution in [2.75, 3.05) is 7.11 Å². The van der Waals surface area contributed by atoms with Crippen LogP contribution in [0.5, 0.6) is 0 Å². The van der Waals surface area contributed by atoms with E-state index in [1.54, 1.807) is 18.3 Å². The molecule has 1 heterocycles. The highest BCUT2D eigenvalue weighted by Crippen LogP contribution is 2.09. The van der Waals surface area contributed by atoms with Crippen molar-refractivity contribution >= 4 is 18.0 Å². The van der Waals surface area contributed by atoms with Gasteiger partial charge in [0.2, 0.25) is 0 Å². The number of carboxylic acid groups (broad SMARTS) is 1. The van der Waals surface area contributed by atoms with Crippen molar-refractivity contribution in [3.05, 3.63) is 29.6 Å². The lowest BCUT2D eigenvalue weighted by atomic mass is 10.1. The quantitative estimate of drug-likeness (QED) is 0.573. The molecule has 0 spiro atoms. The third-order valence-electron chi connectivity index (χ3n) is 1.74. The van der Waals surface area contributed by atoms with Crippen LogP contribution in [0.1, 0.15) is 12.1 Å². The number of hydrogen-bond donors (Lipinski definition) is 2. The van der Waals surface area contributed by atoms with E-state index in [1.807, 2.05) is 0 Å². The molecule has 0 aliphatic carbocycles. The average molecular weight is 209 g/mol. The molecule has 0 saturated carbocycles. The minimum atomic E-state index is -1.07. The first-order chi connectivity index (χ1) is 7.13. The van der Waals surface area contributed by atoms with Crippen LogP contribution in [0, 0.1) is 0 Å². The monoisotopic (exact) mass is 209 g/mol. The number of carbonyl (C=O) groups excluding carboxylic acids is 1. The molecule has 0 aromatic carbocycles. The van der Waals surface area contributed by atoms with Crippen molar-refractivity contribution in [3.63, 3.8) is 0 Å². The number of aromatic amines is 1. The number of carboxylic acids is 1. The van der Waals surface area contributed by atoms with Crippen molar-refractivity contribution in [3.8, 4) is 0 Å². The van der Waals surface area contributed by atoms with Gasteiger partial charge in [-0.05, 0) is 18.2 Å². The van der Waals surface area contributed by atoms with Crippen LogP contribution in [0.15, 0.2) is 23.9 Å². The fraction of sp³-hybridized carbons (Fsp3) is 0.200. The first-order valence-electron chi connectivity index (χ1n) is 4.27. The molecule has 5 nitrogen and oxygen atoms in total. The van der Waals surface area contributed by atoms with Crippen molar-refractivity contribution in [2.45, 2.75) is 6.42 Å². The summed E-state index contributed by atoms with van der Waals surface area (Å²) in [6.07, 6.45) is 2.78. The number of H-pyrrole nitrogens is 1. The highest BCUT2D eigenvalue weighted by Gasteiger charge is 2.13. The molecule has 0 amide bonds. The van der Waals surface area contributed by atoms with Gasteiger partial charge in [-0.1, -0.05) is 0 Å². The molecule has 15 heavy (non-hydrogen) atoms.